The molecule has 2 N–H and O–H groups in total. The molecule has 0 aliphatic carbocycles. The molecule has 6 heteroatoms. The monoisotopic (exact) mass is 281 g/mol. The third-order valence-corrected chi connectivity index (χ3v) is 2.95. The van der Waals surface area contributed by atoms with Gasteiger partial charge in [-0.3, -0.25) is 10.1 Å². The molecule has 1 heterocycles. The van der Waals surface area contributed by atoms with Gasteiger partial charge in [0.1, 0.15) is 11.6 Å². The number of guanidine groups is 1. The molecule has 0 radical (unpaired) electrons. The number of hydrogen-bond acceptors (Lipinski definition) is 3. The van der Waals surface area contributed by atoms with E-state index in [0.717, 1.165) is 12.1 Å². The van der Waals surface area contributed by atoms with E-state index < -0.39 is 23.1 Å². The van der Waals surface area contributed by atoms with Gasteiger partial charge in [-0.05, 0) is 39.8 Å². The van der Waals surface area contributed by atoms with Crippen molar-refractivity contribution in [2.75, 3.05) is 0 Å². The van der Waals surface area contributed by atoms with Gasteiger partial charge >= 0.3 is 0 Å². The Bertz CT molecular complexity index is 572. The highest BCUT2D eigenvalue weighted by Gasteiger charge is 2.45. The van der Waals surface area contributed by atoms with E-state index in [4.69, 9.17) is 0 Å². The topological polar surface area (TPSA) is 53.5 Å². The molecule has 20 heavy (non-hydrogen) atoms. The van der Waals surface area contributed by atoms with Crippen molar-refractivity contribution >= 4 is 11.9 Å². The molecule has 0 saturated carbocycles. The van der Waals surface area contributed by atoms with E-state index in [1.165, 1.54) is 13.0 Å². The van der Waals surface area contributed by atoms with Crippen molar-refractivity contribution in [3.05, 3.63) is 35.4 Å². The van der Waals surface area contributed by atoms with E-state index in [1.807, 2.05) is 20.8 Å². The van der Waals surface area contributed by atoms with Crippen molar-refractivity contribution < 1.29 is 13.6 Å². The van der Waals surface area contributed by atoms with Gasteiger partial charge in [-0.15, -0.1) is 0 Å². The zero-order valence-electron chi connectivity index (χ0n) is 11.8. The predicted molar refractivity (Wildman–Crippen MR) is 72.2 cm³/mol. The third-order valence-electron chi connectivity index (χ3n) is 2.95. The van der Waals surface area contributed by atoms with Crippen LogP contribution in [-0.4, -0.2) is 17.4 Å². The number of amides is 1. The van der Waals surface area contributed by atoms with Crippen molar-refractivity contribution in [2.45, 2.75) is 38.8 Å². The maximum Gasteiger partial charge on any atom is 0.259 e. The summed E-state index contributed by atoms with van der Waals surface area (Å²) < 4.78 is 27.8. The van der Waals surface area contributed by atoms with Crippen LogP contribution in [0.4, 0.5) is 8.78 Å². The summed E-state index contributed by atoms with van der Waals surface area (Å²) in [6.45, 7) is 7.06. The Balaban J connectivity index is 2.47. The maximum absolute atomic E-state index is 13.9. The number of carbonyl (C=O) groups excluding carboxylic acids is 1. The molecule has 4 nitrogen and oxygen atoms in total. The lowest BCUT2D eigenvalue weighted by atomic mass is 9.91. The van der Waals surface area contributed by atoms with Crippen LogP contribution in [0.15, 0.2) is 23.2 Å². The van der Waals surface area contributed by atoms with Crippen molar-refractivity contribution in [1.82, 2.24) is 10.6 Å². The lowest BCUT2D eigenvalue weighted by Crippen LogP contribution is -2.47. The molecule has 2 rings (SSSR count). The van der Waals surface area contributed by atoms with E-state index in [0.29, 0.717) is 0 Å². The molecule has 1 unspecified atom stereocenters. The molecular formula is C14H17F2N3O. The van der Waals surface area contributed by atoms with Crippen LogP contribution in [-0.2, 0) is 10.3 Å². The van der Waals surface area contributed by atoms with Crippen LogP contribution in [0.5, 0.6) is 0 Å². The fourth-order valence-electron chi connectivity index (χ4n) is 2.08. The average Bonchev–Trinajstić information content (AvgIpc) is 2.51. The summed E-state index contributed by atoms with van der Waals surface area (Å²) in [7, 11) is 0. The van der Waals surface area contributed by atoms with Crippen LogP contribution in [0.1, 0.15) is 33.3 Å². The first kappa shape index (κ1) is 14.4. The summed E-state index contributed by atoms with van der Waals surface area (Å²) in [5.74, 6) is -1.92. The van der Waals surface area contributed by atoms with E-state index >= 15 is 0 Å². The van der Waals surface area contributed by atoms with Gasteiger partial charge in [0, 0.05) is 5.54 Å². The number of benzene rings is 1. The van der Waals surface area contributed by atoms with Crippen molar-refractivity contribution in [3.63, 3.8) is 0 Å². The Kier molecular flexibility index (Phi) is 3.28. The van der Waals surface area contributed by atoms with E-state index in [1.54, 1.807) is 0 Å². The number of carbonyl (C=O) groups is 1. The fraction of sp³-hybridized carbons (Fsp3) is 0.429. The standard InChI is InChI=1S/C14H17F2N3O/c1-13(2,3)18-12-17-11(20)14(4,19-12)10-8(15)6-5-7-9(10)16/h5-7H,1-4H3,(H2,17,18,19,20). The number of rotatable bonds is 1. The largest absolute Gasteiger partial charge is 0.351 e. The Morgan fingerprint density at radius 2 is 1.80 bits per heavy atom. The van der Waals surface area contributed by atoms with Crippen LogP contribution >= 0.6 is 0 Å². The lowest BCUT2D eigenvalue weighted by molar-refractivity contribution is -0.123. The summed E-state index contributed by atoms with van der Waals surface area (Å²) in [5, 5.41) is 5.51. The first-order valence-electron chi connectivity index (χ1n) is 6.27. The minimum absolute atomic E-state index is 0.215. The normalized spacial score (nSPS) is 22.5. The first-order chi connectivity index (χ1) is 9.13. The maximum atomic E-state index is 13.9. The minimum Gasteiger partial charge on any atom is -0.351 e. The van der Waals surface area contributed by atoms with Gasteiger partial charge in [0.05, 0.1) is 5.56 Å². The number of nitrogens with zero attached hydrogens (tertiary/aromatic N) is 1. The number of nitrogens with one attached hydrogen (secondary N) is 2. The van der Waals surface area contributed by atoms with Crippen LogP contribution in [0, 0.1) is 11.6 Å². The predicted octanol–water partition coefficient (Wildman–Crippen LogP) is 2.05. The van der Waals surface area contributed by atoms with Crippen LogP contribution < -0.4 is 10.6 Å². The molecule has 1 atom stereocenters. The molecule has 0 spiro atoms. The summed E-state index contributed by atoms with van der Waals surface area (Å²) in [5.41, 5.74) is -2.28. The van der Waals surface area contributed by atoms with E-state index in [9.17, 15) is 13.6 Å². The molecule has 0 saturated heterocycles. The molecule has 1 aliphatic rings. The lowest BCUT2D eigenvalue weighted by Gasteiger charge is -2.21. The molecule has 0 aromatic heterocycles. The van der Waals surface area contributed by atoms with E-state index in [-0.39, 0.29) is 17.1 Å². The molecular weight excluding hydrogens is 264 g/mol. The Labute approximate surface area is 116 Å². The average molecular weight is 281 g/mol. The highest BCUT2D eigenvalue weighted by atomic mass is 19.1. The van der Waals surface area contributed by atoms with Gasteiger partial charge in [-0.2, -0.15) is 0 Å². The van der Waals surface area contributed by atoms with Crippen LogP contribution in [0.2, 0.25) is 0 Å². The number of hydrogen-bond donors (Lipinski definition) is 2. The molecule has 108 valence electrons. The molecule has 1 aromatic rings. The van der Waals surface area contributed by atoms with Crippen LogP contribution in [0.25, 0.3) is 0 Å². The highest BCUT2D eigenvalue weighted by Crippen LogP contribution is 2.33. The number of halogens is 2. The molecule has 1 aromatic carbocycles. The zero-order chi connectivity index (χ0) is 15.1. The van der Waals surface area contributed by atoms with Gasteiger partial charge in [-0.25, -0.2) is 13.8 Å². The van der Waals surface area contributed by atoms with E-state index in [2.05, 4.69) is 15.6 Å². The van der Waals surface area contributed by atoms with Crippen molar-refractivity contribution in [2.24, 2.45) is 4.99 Å². The molecule has 1 amide bonds. The van der Waals surface area contributed by atoms with Crippen molar-refractivity contribution in [3.8, 4) is 0 Å². The second-order valence-electron chi connectivity index (χ2n) is 5.96. The molecule has 0 bridgehead atoms. The fourth-order valence-corrected chi connectivity index (χ4v) is 2.08. The van der Waals surface area contributed by atoms with Gasteiger partial charge in [0.15, 0.2) is 11.5 Å². The second-order valence-corrected chi connectivity index (χ2v) is 5.96. The smallest absolute Gasteiger partial charge is 0.259 e. The first-order valence-corrected chi connectivity index (χ1v) is 6.27. The van der Waals surface area contributed by atoms with Gasteiger partial charge in [-0.1, -0.05) is 6.07 Å². The Morgan fingerprint density at radius 3 is 2.30 bits per heavy atom. The zero-order valence-corrected chi connectivity index (χ0v) is 11.8. The third kappa shape index (κ3) is 2.50. The van der Waals surface area contributed by atoms with Crippen LogP contribution in [0.3, 0.4) is 0 Å². The second kappa shape index (κ2) is 4.54. The van der Waals surface area contributed by atoms with Gasteiger partial charge in [0.25, 0.3) is 5.91 Å². The summed E-state index contributed by atoms with van der Waals surface area (Å²) in [4.78, 5) is 16.2. The summed E-state index contributed by atoms with van der Waals surface area (Å²) >= 11 is 0. The minimum atomic E-state index is -1.61. The van der Waals surface area contributed by atoms with Gasteiger partial charge in [0.2, 0.25) is 0 Å². The quantitative estimate of drug-likeness (QED) is 0.828. The Morgan fingerprint density at radius 1 is 1.25 bits per heavy atom. The summed E-state index contributed by atoms with van der Waals surface area (Å²) in [6.07, 6.45) is 0. The SMILES string of the molecule is CC(C)(C)NC1=NC(C)(c2c(F)cccc2F)C(=O)N1. The van der Waals surface area contributed by atoms with Crippen molar-refractivity contribution in [1.29, 1.82) is 0 Å². The Hall–Kier alpha value is -1.98. The number of aliphatic imine (C=N–C) groups is 1. The highest BCUT2D eigenvalue weighted by molar-refractivity contribution is 6.07. The molecule has 1 aliphatic heterocycles. The van der Waals surface area contributed by atoms with Gasteiger partial charge < -0.3 is 5.32 Å². The molecule has 0 fully saturated rings. The summed E-state index contributed by atoms with van der Waals surface area (Å²) in [6, 6.07) is 3.48.